The van der Waals surface area contributed by atoms with E-state index in [0.717, 1.165) is 11.5 Å². The highest BCUT2D eigenvalue weighted by Crippen LogP contribution is 2.26. The van der Waals surface area contributed by atoms with Gasteiger partial charge in [-0.3, -0.25) is 4.79 Å². The van der Waals surface area contributed by atoms with Crippen molar-refractivity contribution < 1.29 is 13.2 Å². The van der Waals surface area contributed by atoms with Crippen LogP contribution in [0.15, 0.2) is 71.6 Å². The highest BCUT2D eigenvalue weighted by atomic mass is 32.2. The normalized spacial score (nSPS) is 12.0. The van der Waals surface area contributed by atoms with Crippen LogP contribution < -0.4 is 5.73 Å². The largest absolute Gasteiger partial charge is 0.366 e. The molecule has 0 saturated carbocycles. The highest BCUT2D eigenvalue weighted by Gasteiger charge is 2.21. The molecule has 3 rings (SSSR count). The Morgan fingerprint density at radius 1 is 1.00 bits per heavy atom. The van der Waals surface area contributed by atoms with E-state index in [0.29, 0.717) is 11.2 Å². The zero-order chi connectivity index (χ0) is 16.4. The summed E-state index contributed by atoms with van der Waals surface area (Å²) in [5, 5.41) is 0.760. The molecule has 0 bridgehead atoms. The highest BCUT2D eigenvalue weighted by molar-refractivity contribution is 7.90. The lowest BCUT2D eigenvalue weighted by molar-refractivity contribution is -0.113. The van der Waals surface area contributed by atoms with Crippen LogP contribution in [0.2, 0.25) is 0 Å². The van der Waals surface area contributed by atoms with E-state index < -0.39 is 15.9 Å². The molecule has 6 heteroatoms. The van der Waals surface area contributed by atoms with E-state index in [1.807, 2.05) is 12.1 Å². The van der Waals surface area contributed by atoms with Gasteiger partial charge in [-0.1, -0.05) is 36.4 Å². The van der Waals surface area contributed by atoms with Crippen LogP contribution >= 0.6 is 0 Å². The minimum absolute atomic E-state index is 0.176. The van der Waals surface area contributed by atoms with Crippen molar-refractivity contribution in [1.29, 1.82) is 0 Å². The number of hydrogen-bond acceptors (Lipinski definition) is 3. The molecule has 0 radical (unpaired) electrons. The van der Waals surface area contributed by atoms with Crippen LogP contribution in [0.25, 0.3) is 17.0 Å². The molecule has 2 N–H and O–H groups in total. The van der Waals surface area contributed by atoms with Crippen molar-refractivity contribution in [2.45, 2.75) is 4.90 Å². The van der Waals surface area contributed by atoms with Crippen molar-refractivity contribution in [2.24, 2.45) is 5.73 Å². The van der Waals surface area contributed by atoms with E-state index in [4.69, 9.17) is 5.73 Å². The molecule has 0 unspecified atom stereocenters. The molecule has 0 saturated heterocycles. The van der Waals surface area contributed by atoms with Gasteiger partial charge in [0.2, 0.25) is 5.91 Å². The lowest BCUT2D eigenvalue weighted by Gasteiger charge is -2.10. The Labute approximate surface area is 133 Å². The van der Waals surface area contributed by atoms with Gasteiger partial charge in [0.25, 0.3) is 10.0 Å². The summed E-state index contributed by atoms with van der Waals surface area (Å²) >= 11 is 0. The van der Waals surface area contributed by atoms with E-state index in [1.165, 1.54) is 22.2 Å². The average molecular weight is 326 g/mol. The Hall–Kier alpha value is -2.86. The fraction of sp³-hybridized carbons (Fsp3) is 0. The molecule has 0 fully saturated rings. The molecular formula is C17H14N2O3S. The van der Waals surface area contributed by atoms with Gasteiger partial charge in [-0.05, 0) is 30.3 Å². The van der Waals surface area contributed by atoms with Crippen molar-refractivity contribution in [3.63, 3.8) is 0 Å². The molecule has 0 aliphatic rings. The summed E-state index contributed by atoms with van der Waals surface area (Å²) in [6.07, 6.45) is 2.55. The number of para-hydroxylation sites is 1. The zero-order valence-electron chi connectivity index (χ0n) is 12.1. The molecule has 0 spiro atoms. The number of hydrogen-bond donors (Lipinski definition) is 1. The second kappa shape index (κ2) is 5.73. The summed E-state index contributed by atoms with van der Waals surface area (Å²) in [5.74, 6) is -0.640. The van der Waals surface area contributed by atoms with E-state index in [2.05, 4.69) is 0 Å². The molecule has 0 aliphatic heterocycles. The lowest BCUT2D eigenvalue weighted by Crippen LogP contribution is -2.14. The zero-order valence-corrected chi connectivity index (χ0v) is 12.9. The summed E-state index contributed by atoms with van der Waals surface area (Å²) < 4.78 is 27.2. The van der Waals surface area contributed by atoms with Crippen LogP contribution in [0, 0.1) is 0 Å². The van der Waals surface area contributed by atoms with Crippen LogP contribution in [-0.4, -0.2) is 18.3 Å². The van der Waals surface area contributed by atoms with Gasteiger partial charge in [0.1, 0.15) is 0 Å². The standard InChI is InChI=1S/C17H14N2O3S/c18-17(20)11-10-14-12-13-6-4-5-9-16(13)19(14)23(21,22)15-7-2-1-3-8-15/h1-12H,(H2,18,20)/b11-10-. The molecule has 1 amide bonds. The quantitative estimate of drug-likeness (QED) is 0.747. The summed E-state index contributed by atoms with van der Waals surface area (Å²) in [4.78, 5) is 11.2. The Bertz CT molecular complexity index is 1000. The number of carbonyl (C=O) groups excluding carboxylic acids is 1. The van der Waals surface area contributed by atoms with Crippen LogP contribution in [0.3, 0.4) is 0 Å². The van der Waals surface area contributed by atoms with Gasteiger partial charge in [0.15, 0.2) is 0 Å². The van der Waals surface area contributed by atoms with E-state index in [9.17, 15) is 13.2 Å². The molecular weight excluding hydrogens is 312 g/mol. The van der Waals surface area contributed by atoms with Gasteiger partial charge >= 0.3 is 0 Å². The van der Waals surface area contributed by atoms with Crippen LogP contribution in [0.4, 0.5) is 0 Å². The van der Waals surface area contributed by atoms with Crippen LogP contribution in [0.5, 0.6) is 0 Å². The lowest BCUT2D eigenvalue weighted by atomic mass is 10.2. The van der Waals surface area contributed by atoms with Crippen molar-refractivity contribution >= 4 is 32.9 Å². The number of benzene rings is 2. The van der Waals surface area contributed by atoms with Gasteiger partial charge < -0.3 is 5.73 Å². The number of nitrogens with zero attached hydrogens (tertiary/aromatic N) is 1. The third-order valence-corrected chi connectivity index (χ3v) is 5.15. The number of carbonyl (C=O) groups is 1. The number of nitrogens with two attached hydrogens (primary N) is 1. The van der Waals surface area contributed by atoms with Gasteiger partial charge in [-0.25, -0.2) is 12.4 Å². The van der Waals surface area contributed by atoms with Crippen LogP contribution in [0.1, 0.15) is 5.69 Å². The summed E-state index contributed by atoms with van der Waals surface area (Å²) in [6, 6.07) is 17.0. The Morgan fingerprint density at radius 3 is 2.35 bits per heavy atom. The van der Waals surface area contributed by atoms with E-state index in [-0.39, 0.29) is 4.90 Å². The monoisotopic (exact) mass is 326 g/mol. The molecule has 2 aromatic carbocycles. The van der Waals surface area contributed by atoms with Gasteiger partial charge in [-0.2, -0.15) is 0 Å². The predicted octanol–water partition coefficient (Wildman–Crippen LogP) is 2.38. The van der Waals surface area contributed by atoms with Crippen molar-refractivity contribution in [2.75, 3.05) is 0 Å². The summed E-state index contributed by atoms with van der Waals surface area (Å²) in [5.41, 5.74) is 6.03. The molecule has 1 aromatic heterocycles. The average Bonchev–Trinajstić information content (AvgIpc) is 2.93. The van der Waals surface area contributed by atoms with E-state index in [1.54, 1.807) is 36.4 Å². The maximum Gasteiger partial charge on any atom is 0.268 e. The van der Waals surface area contributed by atoms with Crippen molar-refractivity contribution in [1.82, 2.24) is 3.97 Å². The molecule has 0 aliphatic carbocycles. The SMILES string of the molecule is NC(=O)/C=C\c1cc2ccccc2n1S(=O)(=O)c1ccccc1. The molecule has 3 aromatic rings. The molecule has 1 heterocycles. The topological polar surface area (TPSA) is 82.2 Å². The number of fused-ring (bicyclic) bond motifs is 1. The minimum Gasteiger partial charge on any atom is -0.366 e. The second-order valence-electron chi connectivity index (χ2n) is 4.95. The molecule has 23 heavy (non-hydrogen) atoms. The first-order valence-electron chi connectivity index (χ1n) is 6.89. The van der Waals surface area contributed by atoms with Gasteiger partial charge in [0.05, 0.1) is 16.1 Å². The van der Waals surface area contributed by atoms with E-state index >= 15 is 0 Å². The third kappa shape index (κ3) is 2.76. The Kier molecular flexibility index (Phi) is 3.75. The minimum atomic E-state index is -3.79. The molecule has 116 valence electrons. The third-order valence-electron chi connectivity index (χ3n) is 3.39. The molecule has 5 nitrogen and oxygen atoms in total. The summed E-state index contributed by atoms with van der Waals surface area (Å²) in [6.45, 7) is 0. The number of aromatic nitrogens is 1. The first-order valence-corrected chi connectivity index (χ1v) is 8.33. The Morgan fingerprint density at radius 2 is 1.65 bits per heavy atom. The van der Waals surface area contributed by atoms with Gasteiger partial charge in [-0.15, -0.1) is 0 Å². The fourth-order valence-corrected chi connectivity index (χ4v) is 3.93. The van der Waals surface area contributed by atoms with Crippen molar-refractivity contribution in [3.05, 3.63) is 72.4 Å². The number of amides is 1. The first kappa shape index (κ1) is 15.1. The smallest absolute Gasteiger partial charge is 0.268 e. The predicted molar refractivity (Wildman–Crippen MR) is 89.2 cm³/mol. The maximum absolute atomic E-state index is 13.0. The number of primary amides is 1. The van der Waals surface area contributed by atoms with Crippen molar-refractivity contribution in [3.8, 4) is 0 Å². The first-order chi connectivity index (χ1) is 11.0. The van der Waals surface area contributed by atoms with Crippen LogP contribution in [-0.2, 0) is 14.8 Å². The summed E-state index contributed by atoms with van der Waals surface area (Å²) in [7, 11) is -3.79. The Balaban J connectivity index is 2.31. The number of rotatable bonds is 4. The second-order valence-corrected chi connectivity index (χ2v) is 6.73. The molecule has 0 atom stereocenters. The fourth-order valence-electron chi connectivity index (χ4n) is 2.40. The maximum atomic E-state index is 13.0. The van der Waals surface area contributed by atoms with Gasteiger partial charge in [0, 0.05) is 11.5 Å².